The molecular weight excluding hydrogens is 310 g/mol. The Bertz CT molecular complexity index is 615. The number of halogens is 1. The zero-order valence-corrected chi connectivity index (χ0v) is 14.8. The van der Waals surface area contributed by atoms with Gasteiger partial charge in [0.2, 0.25) is 0 Å². The topological polar surface area (TPSA) is 29.5 Å². The van der Waals surface area contributed by atoms with Gasteiger partial charge in [-0.1, -0.05) is 29.8 Å². The van der Waals surface area contributed by atoms with Crippen molar-refractivity contribution >= 4 is 23.3 Å². The predicted octanol–water partition coefficient (Wildman–Crippen LogP) is 5.29. The number of hydrogen-bond acceptors (Lipinski definition) is 2. The molecular formula is C19H24ClNO2. The quantitative estimate of drug-likeness (QED) is 0.699. The van der Waals surface area contributed by atoms with E-state index in [1.165, 1.54) is 17.6 Å². The van der Waals surface area contributed by atoms with E-state index in [1.54, 1.807) is 0 Å². The largest absolute Gasteiger partial charge is 0.444 e. The summed E-state index contributed by atoms with van der Waals surface area (Å²) in [4.78, 5) is 14.5. The SMILES string of the molecule is CC(C)(C)OC(=O)N1C2C=C(c3ccc(Cl)cc3)CC1CCC2. The second-order valence-electron chi connectivity index (χ2n) is 7.44. The summed E-state index contributed by atoms with van der Waals surface area (Å²) in [6.07, 6.45) is 6.16. The first-order valence-corrected chi connectivity index (χ1v) is 8.69. The molecule has 3 rings (SSSR count). The molecule has 2 aliphatic rings. The third-order valence-electron chi connectivity index (χ3n) is 4.46. The van der Waals surface area contributed by atoms with Gasteiger partial charge < -0.3 is 4.74 Å². The number of nitrogens with zero attached hydrogens (tertiary/aromatic N) is 1. The van der Waals surface area contributed by atoms with Crippen molar-refractivity contribution in [2.24, 2.45) is 0 Å². The Morgan fingerprint density at radius 1 is 1.22 bits per heavy atom. The van der Waals surface area contributed by atoms with E-state index in [1.807, 2.05) is 37.8 Å². The Balaban J connectivity index is 1.84. The fourth-order valence-electron chi connectivity index (χ4n) is 3.51. The Hall–Kier alpha value is -1.48. The highest BCUT2D eigenvalue weighted by Crippen LogP contribution is 2.38. The lowest BCUT2D eigenvalue weighted by Crippen LogP contribution is -2.53. The van der Waals surface area contributed by atoms with Crippen molar-refractivity contribution in [2.45, 2.75) is 64.1 Å². The molecule has 1 fully saturated rings. The van der Waals surface area contributed by atoms with E-state index in [-0.39, 0.29) is 18.2 Å². The van der Waals surface area contributed by atoms with E-state index < -0.39 is 5.60 Å². The molecule has 23 heavy (non-hydrogen) atoms. The number of rotatable bonds is 1. The first kappa shape index (κ1) is 16.4. The summed E-state index contributed by atoms with van der Waals surface area (Å²) in [5.74, 6) is 0. The summed E-state index contributed by atoms with van der Waals surface area (Å²) >= 11 is 5.98. The maximum absolute atomic E-state index is 12.6. The fourth-order valence-corrected chi connectivity index (χ4v) is 3.63. The van der Waals surface area contributed by atoms with E-state index in [4.69, 9.17) is 16.3 Å². The van der Waals surface area contributed by atoms with Gasteiger partial charge in [-0.15, -0.1) is 0 Å². The zero-order valence-electron chi connectivity index (χ0n) is 14.0. The van der Waals surface area contributed by atoms with Gasteiger partial charge in [-0.3, -0.25) is 4.90 Å². The van der Waals surface area contributed by atoms with Crippen LogP contribution >= 0.6 is 11.6 Å². The highest BCUT2D eigenvalue weighted by molar-refractivity contribution is 6.30. The molecule has 2 bridgehead atoms. The summed E-state index contributed by atoms with van der Waals surface area (Å²) in [6.45, 7) is 5.75. The first-order valence-electron chi connectivity index (χ1n) is 8.31. The molecule has 1 amide bonds. The van der Waals surface area contributed by atoms with Crippen molar-refractivity contribution in [3.05, 3.63) is 40.9 Å². The van der Waals surface area contributed by atoms with Crippen molar-refractivity contribution in [1.29, 1.82) is 0 Å². The van der Waals surface area contributed by atoms with Gasteiger partial charge in [0, 0.05) is 11.1 Å². The van der Waals surface area contributed by atoms with Crippen molar-refractivity contribution in [2.75, 3.05) is 0 Å². The third-order valence-corrected chi connectivity index (χ3v) is 4.71. The molecule has 2 atom stereocenters. The molecule has 0 saturated carbocycles. The number of piperidine rings is 1. The average molecular weight is 334 g/mol. The van der Waals surface area contributed by atoms with Gasteiger partial charge in [0.1, 0.15) is 5.60 Å². The molecule has 1 aromatic rings. The number of fused-ring (bicyclic) bond motifs is 2. The van der Waals surface area contributed by atoms with Crippen LogP contribution in [0.15, 0.2) is 30.3 Å². The van der Waals surface area contributed by atoms with Crippen LogP contribution in [0.25, 0.3) is 5.57 Å². The van der Waals surface area contributed by atoms with Crippen LogP contribution < -0.4 is 0 Å². The number of benzene rings is 1. The minimum atomic E-state index is -0.453. The van der Waals surface area contributed by atoms with Gasteiger partial charge in [-0.2, -0.15) is 0 Å². The summed E-state index contributed by atoms with van der Waals surface area (Å²) in [5, 5.41) is 0.751. The maximum atomic E-state index is 12.6. The van der Waals surface area contributed by atoms with Crippen LogP contribution in [0.2, 0.25) is 5.02 Å². The summed E-state index contributed by atoms with van der Waals surface area (Å²) < 4.78 is 5.61. The molecule has 0 aromatic heterocycles. The molecule has 4 heteroatoms. The van der Waals surface area contributed by atoms with E-state index >= 15 is 0 Å². The molecule has 1 aromatic carbocycles. The highest BCUT2D eigenvalue weighted by Gasteiger charge is 2.39. The molecule has 0 N–H and O–H groups in total. The average Bonchev–Trinajstić information content (AvgIpc) is 2.44. The lowest BCUT2D eigenvalue weighted by molar-refractivity contribution is 0.0000866. The van der Waals surface area contributed by atoms with E-state index in [0.717, 1.165) is 24.3 Å². The third kappa shape index (κ3) is 3.72. The lowest BCUT2D eigenvalue weighted by Gasteiger charge is -2.45. The van der Waals surface area contributed by atoms with Crippen LogP contribution in [-0.4, -0.2) is 28.7 Å². The molecule has 0 radical (unpaired) electrons. The summed E-state index contributed by atoms with van der Waals surface area (Å²) in [5.41, 5.74) is 2.07. The standard InChI is InChI=1S/C19H24ClNO2/c1-19(2,3)23-18(22)21-16-5-4-6-17(21)12-14(11-16)13-7-9-15(20)10-8-13/h7-11,16-17H,4-6,12H2,1-3H3. The monoisotopic (exact) mass is 333 g/mol. The minimum absolute atomic E-state index is 0.142. The number of carbonyl (C=O) groups is 1. The van der Waals surface area contributed by atoms with E-state index in [0.29, 0.717) is 0 Å². The molecule has 2 unspecified atom stereocenters. The van der Waals surface area contributed by atoms with E-state index in [9.17, 15) is 4.79 Å². The molecule has 1 saturated heterocycles. The number of ether oxygens (including phenoxy) is 1. The molecule has 0 aliphatic carbocycles. The molecule has 3 nitrogen and oxygen atoms in total. The number of amides is 1. The Morgan fingerprint density at radius 3 is 2.52 bits per heavy atom. The Kier molecular flexibility index (Phi) is 4.41. The van der Waals surface area contributed by atoms with Crippen LogP contribution in [0.4, 0.5) is 4.79 Å². The van der Waals surface area contributed by atoms with Gasteiger partial charge >= 0.3 is 6.09 Å². The van der Waals surface area contributed by atoms with Crippen molar-refractivity contribution in [3.63, 3.8) is 0 Å². The molecule has 2 heterocycles. The van der Waals surface area contributed by atoms with Gasteiger partial charge in [0.15, 0.2) is 0 Å². The predicted molar refractivity (Wildman–Crippen MR) is 93.5 cm³/mol. The van der Waals surface area contributed by atoms with E-state index in [2.05, 4.69) is 18.2 Å². The first-order chi connectivity index (χ1) is 10.8. The van der Waals surface area contributed by atoms with Crippen LogP contribution in [0.3, 0.4) is 0 Å². The molecule has 124 valence electrons. The fraction of sp³-hybridized carbons (Fsp3) is 0.526. The van der Waals surface area contributed by atoms with Crippen LogP contribution in [0, 0.1) is 0 Å². The lowest BCUT2D eigenvalue weighted by atomic mass is 9.83. The Labute approximate surface area is 143 Å². The maximum Gasteiger partial charge on any atom is 0.411 e. The normalized spacial score (nSPS) is 24.2. The number of hydrogen-bond donors (Lipinski definition) is 0. The van der Waals surface area contributed by atoms with Crippen molar-refractivity contribution in [3.8, 4) is 0 Å². The minimum Gasteiger partial charge on any atom is -0.444 e. The van der Waals surface area contributed by atoms with Crippen LogP contribution in [-0.2, 0) is 4.74 Å². The van der Waals surface area contributed by atoms with Crippen LogP contribution in [0.5, 0.6) is 0 Å². The second kappa shape index (κ2) is 6.20. The highest BCUT2D eigenvalue weighted by atomic mass is 35.5. The molecule has 0 spiro atoms. The summed E-state index contributed by atoms with van der Waals surface area (Å²) in [6, 6.07) is 8.35. The zero-order chi connectivity index (χ0) is 16.6. The van der Waals surface area contributed by atoms with Gasteiger partial charge in [-0.05, 0) is 69.7 Å². The smallest absolute Gasteiger partial charge is 0.411 e. The van der Waals surface area contributed by atoms with Gasteiger partial charge in [0.05, 0.1) is 6.04 Å². The van der Waals surface area contributed by atoms with Crippen molar-refractivity contribution in [1.82, 2.24) is 4.90 Å². The number of carbonyl (C=O) groups excluding carboxylic acids is 1. The second-order valence-corrected chi connectivity index (χ2v) is 7.88. The van der Waals surface area contributed by atoms with Gasteiger partial charge in [-0.25, -0.2) is 4.79 Å². The summed E-state index contributed by atoms with van der Waals surface area (Å²) in [7, 11) is 0. The van der Waals surface area contributed by atoms with Crippen LogP contribution in [0.1, 0.15) is 52.0 Å². The molecule has 2 aliphatic heterocycles. The Morgan fingerprint density at radius 2 is 1.91 bits per heavy atom. The van der Waals surface area contributed by atoms with Crippen molar-refractivity contribution < 1.29 is 9.53 Å². The van der Waals surface area contributed by atoms with Gasteiger partial charge in [0.25, 0.3) is 0 Å².